The molecule has 2 saturated heterocycles. The molecule has 8 nitrogen and oxygen atoms in total. The lowest BCUT2D eigenvalue weighted by Crippen LogP contribution is -2.40. The van der Waals surface area contributed by atoms with E-state index in [1.807, 2.05) is 12.1 Å². The first-order valence-corrected chi connectivity index (χ1v) is 11.8. The first kappa shape index (κ1) is 20.6. The van der Waals surface area contributed by atoms with E-state index >= 15 is 0 Å². The van der Waals surface area contributed by atoms with Gasteiger partial charge in [-0.25, -0.2) is 12.7 Å². The predicted octanol–water partition coefficient (Wildman–Crippen LogP) is 2.30. The van der Waals surface area contributed by atoms with Gasteiger partial charge in [0.05, 0.1) is 23.7 Å². The summed E-state index contributed by atoms with van der Waals surface area (Å²) < 4.78 is 30.5. The third-order valence-corrected chi connectivity index (χ3v) is 7.29. The zero-order valence-electron chi connectivity index (χ0n) is 16.6. The average molecular weight is 432 g/mol. The van der Waals surface area contributed by atoms with Crippen molar-refractivity contribution in [1.29, 1.82) is 0 Å². The van der Waals surface area contributed by atoms with Crippen LogP contribution in [0.3, 0.4) is 0 Å². The molecule has 0 aliphatic carbocycles. The first-order chi connectivity index (χ1) is 14.5. The van der Waals surface area contributed by atoms with E-state index in [1.54, 1.807) is 6.26 Å². The maximum Gasteiger partial charge on any atom is 0.251 e. The number of nitrogens with zero attached hydrogens (tertiary/aromatic N) is 2. The van der Waals surface area contributed by atoms with E-state index in [4.69, 9.17) is 4.42 Å². The van der Waals surface area contributed by atoms with Gasteiger partial charge >= 0.3 is 0 Å². The molecule has 1 aromatic carbocycles. The summed E-state index contributed by atoms with van der Waals surface area (Å²) in [6.07, 6.45) is 5.10. The van der Waals surface area contributed by atoms with Crippen LogP contribution in [0, 0.1) is 0 Å². The number of nitrogens with one attached hydrogen (secondary N) is 1. The molecule has 160 valence electrons. The molecule has 30 heavy (non-hydrogen) atoms. The number of amides is 2. The van der Waals surface area contributed by atoms with Gasteiger partial charge in [-0.1, -0.05) is 6.42 Å². The Morgan fingerprint density at radius 1 is 1.10 bits per heavy atom. The van der Waals surface area contributed by atoms with Gasteiger partial charge in [-0.05, 0) is 62.3 Å². The van der Waals surface area contributed by atoms with Crippen molar-refractivity contribution in [3.63, 3.8) is 0 Å². The highest BCUT2D eigenvalue weighted by atomic mass is 32.2. The van der Waals surface area contributed by atoms with Crippen LogP contribution in [0.5, 0.6) is 0 Å². The number of hydrogen-bond acceptors (Lipinski definition) is 6. The number of rotatable bonds is 6. The summed E-state index contributed by atoms with van der Waals surface area (Å²) in [5, 5.41) is 2.96. The number of furan rings is 1. The van der Waals surface area contributed by atoms with Gasteiger partial charge in [-0.2, -0.15) is 0 Å². The van der Waals surface area contributed by atoms with Crippen molar-refractivity contribution < 1.29 is 22.4 Å². The number of likely N-dealkylation sites (tertiary alicyclic amines) is 1. The standard InChI is InChI=1S/C21H25N3O5S/c25-20-10-14-30(27,28)24(20)17-8-6-16(7-9-17)21(26)22-15-18(19-5-4-13-29-19)23-11-2-1-3-12-23/h4-9,13,18H,1-3,10-12,14-15H2,(H,22,26). The molecule has 1 unspecified atom stereocenters. The van der Waals surface area contributed by atoms with E-state index in [0.29, 0.717) is 12.1 Å². The molecule has 9 heteroatoms. The van der Waals surface area contributed by atoms with Crippen molar-refractivity contribution in [2.45, 2.75) is 31.7 Å². The molecule has 4 rings (SSSR count). The molecule has 1 aromatic heterocycles. The van der Waals surface area contributed by atoms with Crippen molar-refractivity contribution >= 4 is 27.5 Å². The molecule has 2 aliphatic heterocycles. The second kappa shape index (κ2) is 8.61. The number of sulfonamides is 1. The van der Waals surface area contributed by atoms with Crippen LogP contribution in [0.4, 0.5) is 5.69 Å². The Morgan fingerprint density at radius 2 is 1.83 bits per heavy atom. The summed E-state index contributed by atoms with van der Waals surface area (Å²) >= 11 is 0. The van der Waals surface area contributed by atoms with E-state index in [9.17, 15) is 18.0 Å². The van der Waals surface area contributed by atoms with Crippen LogP contribution in [-0.4, -0.2) is 50.5 Å². The lowest BCUT2D eigenvalue weighted by atomic mass is 10.1. The summed E-state index contributed by atoms with van der Waals surface area (Å²) in [6, 6.07) is 9.79. The Bertz CT molecular complexity index is 996. The lowest BCUT2D eigenvalue weighted by Gasteiger charge is -2.33. The Hall–Kier alpha value is -2.65. The van der Waals surface area contributed by atoms with Gasteiger partial charge in [0.2, 0.25) is 15.9 Å². The molecule has 1 atom stereocenters. The fourth-order valence-electron chi connectivity index (χ4n) is 4.03. The maximum atomic E-state index is 12.7. The van der Waals surface area contributed by atoms with Crippen molar-refractivity contribution in [1.82, 2.24) is 10.2 Å². The van der Waals surface area contributed by atoms with Crippen LogP contribution in [0.1, 0.15) is 47.8 Å². The SMILES string of the molecule is O=C(NCC(c1ccco1)N1CCCCC1)c1ccc(N2C(=O)CCS2(=O)=O)cc1. The van der Waals surface area contributed by atoms with Gasteiger partial charge in [0.15, 0.2) is 0 Å². The van der Waals surface area contributed by atoms with Crippen LogP contribution in [0.25, 0.3) is 0 Å². The number of carbonyl (C=O) groups excluding carboxylic acids is 2. The number of hydrogen-bond donors (Lipinski definition) is 1. The van der Waals surface area contributed by atoms with E-state index in [1.165, 1.54) is 30.7 Å². The molecule has 0 spiro atoms. The van der Waals surface area contributed by atoms with Crippen LogP contribution in [-0.2, 0) is 14.8 Å². The second-order valence-electron chi connectivity index (χ2n) is 7.61. The van der Waals surface area contributed by atoms with Gasteiger partial charge in [0.25, 0.3) is 5.91 Å². The smallest absolute Gasteiger partial charge is 0.251 e. The summed E-state index contributed by atoms with van der Waals surface area (Å²) in [5.41, 5.74) is 0.662. The molecule has 0 saturated carbocycles. The Kier molecular flexibility index (Phi) is 5.92. The third kappa shape index (κ3) is 4.27. The molecule has 2 aliphatic rings. The second-order valence-corrected chi connectivity index (χ2v) is 9.55. The third-order valence-electron chi connectivity index (χ3n) is 5.60. The number of carbonyl (C=O) groups is 2. The molecule has 0 bridgehead atoms. The average Bonchev–Trinajstić information content (AvgIpc) is 3.37. The molecule has 3 heterocycles. The molecule has 2 fully saturated rings. The highest BCUT2D eigenvalue weighted by Crippen LogP contribution is 2.26. The van der Waals surface area contributed by atoms with Crippen molar-refractivity contribution in [3.8, 4) is 0 Å². The van der Waals surface area contributed by atoms with Crippen LogP contribution in [0.15, 0.2) is 47.1 Å². The molecular formula is C21H25N3O5S. The largest absolute Gasteiger partial charge is 0.468 e. The van der Waals surface area contributed by atoms with Gasteiger partial charge in [0.1, 0.15) is 5.76 Å². The van der Waals surface area contributed by atoms with Crippen LogP contribution >= 0.6 is 0 Å². The Morgan fingerprint density at radius 3 is 2.43 bits per heavy atom. The number of anilines is 1. The number of benzene rings is 1. The van der Waals surface area contributed by atoms with Gasteiger partial charge in [0, 0.05) is 18.5 Å². The Labute approximate surface area is 175 Å². The molecule has 2 amide bonds. The van der Waals surface area contributed by atoms with Gasteiger partial charge in [-0.15, -0.1) is 0 Å². The minimum absolute atomic E-state index is 0.0186. The highest BCUT2D eigenvalue weighted by Gasteiger charge is 2.36. The zero-order valence-corrected chi connectivity index (χ0v) is 17.4. The Balaban J connectivity index is 1.43. The fraction of sp³-hybridized carbons (Fsp3) is 0.429. The zero-order chi connectivity index (χ0) is 21.1. The highest BCUT2D eigenvalue weighted by molar-refractivity contribution is 7.94. The lowest BCUT2D eigenvalue weighted by molar-refractivity contribution is -0.116. The van der Waals surface area contributed by atoms with Crippen LogP contribution in [0.2, 0.25) is 0 Å². The topological polar surface area (TPSA) is 99.9 Å². The minimum Gasteiger partial charge on any atom is -0.468 e. The van der Waals surface area contributed by atoms with Crippen LogP contribution < -0.4 is 9.62 Å². The minimum atomic E-state index is -3.61. The molecule has 1 N–H and O–H groups in total. The van der Waals surface area contributed by atoms with Crippen molar-refractivity contribution in [2.24, 2.45) is 0 Å². The predicted molar refractivity (Wildman–Crippen MR) is 112 cm³/mol. The summed E-state index contributed by atoms with van der Waals surface area (Å²) in [4.78, 5) is 26.9. The monoisotopic (exact) mass is 431 g/mol. The first-order valence-electron chi connectivity index (χ1n) is 10.2. The molecule has 2 aromatic rings. The fourth-order valence-corrected chi connectivity index (χ4v) is 5.49. The van der Waals surface area contributed by atoms with Gasteiger partial charge in [-0.3, -0.25) is 14.5 Å². The van der Waals surface area contributed by atoms with Crippen molar-refractivity contribution in [3.05, 3.63) is 54.0 Å². The van der Waals surface area contributed by atoms with E-state index in [-0.39, 0.29) is 29.8 Å². The molecular weight excluding hydrogens is 406 g/mol. The van der Waals surface area contributed by atoms with E-state index in [0.717, 1.165) is 36.0 Å². The van der Waals surface area contributed by atoms with Crippen molar-refractivity contribution in [2.75, 3.05) is 29.7 Å². The molecule has 0 radical (unpaired) electrons. The van der Waals surface area contributed by atoms with E-state index in [2.05, 4.69) is 10.2 Å². The quantitative estimate of drug-likeness (QED) is 0.753. The van der Waals surface area contributed by atoms with Gasteiger partial charge < -0.3 is 9.73 Å². The van der Waals surface area contributed by atoms with E-state index < -0.39 is 15.9 Å². The summed E-state index contributed by atoms with van der Waals surface area (Å²) in [7, 11) is -3.61. The normalized spacial score (nSPS) is 20.3. The maximum absolute atomic E-state index is 12.7. The number of piperidine rings is 1. The summed E-state index contributed by atoms with van der Waals surface area (Å²) in [6.45, 7) is 2.34. The summed E-state index contributed by atoms with van der Waals surface area (Å²) in [5.74, 6) is -0.0651.